The van der Waals surface area contributed by atoms with Crippen LogP contribution in [0.25, 0.3) is 5.76 Å². The topological polar surface area (TPSA) is 76.1 Å². The fraction of sp³-hybridized carbons (Fsp3) is 0.273. The Labute approximate surface area is 168 Å². The van der Waals surface area contributed by atoms with Crippen molar-refractivity contribution in [2.24, 2.45) is 0 Å². The number of aliphatic hydroxyl groups is 1. The number of carbonyl (C=O) groups excluding carboxylic acids is 2. The number of aliphatic hydroxyl groups excluding tert-OH is 1. The number of hydrogen-bond donors (Lipinski definition) is 1. The summed E-state index contributed by atoms with van der Waals surface area (Å²) in [4.78, 5) is 26.8. The van der Waals surface area contributed by atoms with Gasteiger partial charge >= 0.3 is 0 Å². The van der Waals surface area contributed by atoms with Crippen LogP contribution >= 0.6 is 0 Å². The number of ether oxygens (including phenoxy) is 2. The Morgan fingerprint density at radius 2 is 1.90 bits per heavy atom. The van der Waals surface area contributed by atoms with E-state index in [1.54, 1.807) is 30.3 Å². The van der Waals surface area contributed by atoms with Crippen molar-refractivity contribution in [1.29, 1.82) is 0 Å². The third-order valence-electron chi connectivity index (χ3n) is 4.83. The SMILES string of the molecule is COCCCN1C(=O)C(=O)C(=C(O)c2cccc(OC)c2)C1c1ccccc1F. The predicted molar refractivity (Wildman–Crippen MR) is 105 cm³/mol. The third kappa shape index (κ3) is 4.00. The van der Waals surface area contributed by atoms with Crippen LogP contribution in [-0.2, 0) is 14.3 Å². The number of Topliss-reactive ketones (excluding diaryl/α,β-unsaturated/α-hetero) is 1. The second-order valence-electron chi connectivity index (χ2n) is 6.59. The van der Waals surface area contributed by atoms with Crippen LogP contribution in [0.4, 0.5) is 4.39 Å². The fourth-order valence-corrected chi connectivity index (χ4v) is 3.44. The Balaban J connectivity index is 2.15. The lowest BCUT2D eigenvalue weighted by molar-refractivity contribution is -0.140. The highest BCUT2D eigenvalue weighted by atomic mass is 19.1. The van der Waals surface area contributed by atoms with E-state index in [1.165, 1.54) is 37.3 Å². The second kappa shape index (κ2) is 8.87. The summed E-state index contributed by atoms with van der Waals surface area (Å²) in [6, 6.07) is 11.4. The van der Waals surface area contributed by atoms with Crippen molar-refractivity contribution in [2.45, 2.75) is 12.5 Å². The van der Waals surface area contributed by atoms with E-state index in [0.29, 0.717) is 24.3 Å². The zero-order chi connectivity index (χ0) is 21.0. The molecule has 1 aliphatic heterocycles. The number of likely N-dealkylation sites (tertiary alicyclic amines) is 1. The van der Waals surface area contributed by atoms with Crippen molar-refractivity contribution in [1.82, 2.24) is 4.90 Å². The molecule has 0 saturated carbocycles. The number of benzene rings is 2. The molecule has 1 aliphatic rings. The smallest absolute Gasteiger partial charge is 0.295 e. The summed E-state index contributed by atoms with van der Waals surface area (Å²) < 4.78 is 24.8. The van der Waals surface area contributed by atoms with Crippen LogP contribution in [0.3, 0.4) is 0 Å². The first-order valence-corrected chi connectivity index (χ1v) is 9.15. The first kappa shape index (κ1) is 20.5. The van der Waals surface area contributed by atoms with Crippen molar-refractivity contribution in [3.63, 3.8) is 0 Å². The standard InChI is InChI=1S/C22H22FNO5/c1-28-12-6-11-24-19(16-9-3-4-10-17(16)23)18(21(26)22(24)27)20(25)14-7-5-8-15(13-14)29-2/h3-5,7-10,13,19,25H,6,11-12H2,1-2H3. The predicted octanol–water partition coefficient (Wildman–Crippen LogP) is 3.29. The molecule has 1 amide bonds. The van der Waals surface area contributed by atoms with Crippen molar-refractivity contribution < 1.29 is 28.6 Å². The van der Waals surface area contributed by atoms with Gasteiger partial charge in [-0.05, 0) is 24.6 Å². The maximum atomic E-state index is 14.6. The van der Waals surface area contributed by atoms with Crippen molar-refractivity contribution in [3.8, 4) is 5.75 Å². The first-order valence-electron chi connectivity index (χ1n) is 9.15. The van der Waals surface area contributed by atoms with Gasteiger partial charge in [-0.25, -0.2) is 4.39 Å². The maximum absolute atomic E-state index is 14.6. The molecule has 0 aliphatic carbocycles. The van der Waals surface area contributed by atoms with Crippen LogP contribution in [0.15, 0.2) is 54.1 Å². The minimum absolute atomic E-state index is 0.147. The molecule has 2 aromatic rings. The van der Waals surface area contributed by atoms with E-state index < -0.39 is 23.5 Å². The molecule has 1 atom stereocenters. The summed E-state index contributed by atoms with van der Waals surface area (Å²) in [7, 11) is 3.01. The molecule has 1 fully saturated rings. The van der Waals surface area contributed by atoms with Crippen LogP contribution in [-0.4, -0.2) is 49.1 Å². The molecule has 6 nitrogen and oxygen atoms in total. The Kier molecular flexibility index (Phi) is 6.29. The van der Waals surface area contributed by atoms with E-state index in [9.17, 15) is 19.1 Å². The normalized spacial score (nSPS) is 18.3. The average Bonchev–Trinajstić information content (AvgIpc) is 2.98. The number of nitrogens with zero attached hydrogens (tertiary/aromatic N) is 1. The molecule has 1 heterocycles. The van der Waals surface area contributed by atoms with Gasteiger partial charge in [0.2, 0.25) is 0 Å². The molecule has 1 saturated heterocycles. The summed E-state index contributed by atoms with van der Waals surface area (Å²) >= 11 is 0. The van der Waals surface area contributed by atoms with Crippen LogP contribution in [0.5, 0.6) is 5.75 Å². The minimum atomic E-state index is -1.03. The van der Waals surface area contributed by atoms with Gasteiger partial charge in [-0.2, -0.15) is 0 Å². The fourth-order valence-electron chi connectivity index (χ4n) is 3.44. The maximum Gasteiger partial charge on any atom is 0.295 e. The molecular formula is C22H22FNO5. The van der Waals surface area contributed by atoms with E-state index >= 15 is 0 Å². The van der Waals surface area contributed by atoms with E-state index in [1.807, 2.05) is 0 Å². The molecule has 0 spiro atoms. The van der Waals surface area contributed by atoms with E-state index in [0.717, 1.165) is 0 Å². The lowest BCUT2D eigenvalue weighted by Crippen LogP contribution is -2.31. The summed E-state index contributed by atoms with van der Waals surface area (Å²) in [6.07, 6.45) is 0.466. The first-order chi connectivity index (χ1) is 14.0. The highest BCUT2D eigenvalue weighted by Gasteiger charge is 2.46. The molecule has 152 valence electrons. The van der Waals surface area contributed by atoms with Gasteiger partial charge in [-0.3, -0.25) is 9.59 Å². The Morgan fingerprint density at radius 3 is 2.59 bits per heavy atom. The molecule has 1 unspecified atom stereocenters. The highest BCUT2D eigenvalue weighted by molar-refractivity contribution is 6.46. The van der Waals surface area contributed by atoms with Gasteiger partial charge in [0, 0.05) is 31.4 Å². The molecule has 0 bridgehead atoms. The minimum Gasteiger partial charge on any atom is -0.507 e. The van der Waals surface area contributed by atoms with E-state index in [2.05, 4.69) is 0 Å². The highest BCUT2D eigenvalue weighted by Crippen LogP contribution is 2.40. The molecular weight excluding hydrogens is 377 g/mol. The zero-order valence-electron chi connectivity index (χ0n) is 16.2. The Morgan fingerprint density at radius 1 is 1.14 bits per heavy atom. The largest absolute Gasteiger partial charge is 0.507 e. The molecule has 1 N–H and O–H groups in total. The van der Waals surface area contributed by atoms with Crippen molar-refractivity contribution >= 4 is 17.4 Å². The van der Waals surface area contributed by atoms with Crippen molar-refractivity contribution in [2.75, 3.05) is 27.4 Å². The van der Waals surface area contributed by atoms with Crippen LogP contribution in [0.2, 0.25) is 0 Å². The number of hydrogen-bond acceptors (Lipinski definition) is 5. The van der Waals surface area contributed by atoms with Gasteiger partial charge in [-0.15, -0.1) is 0 Å². The van der Waals surface area contributed by atoms with E-state index in [-0.39, 0.29) is 23.4 Å². The lowest BCUT2D eigenvalue weighted by atomic mass is 9.95. The molecule has 2 aromatic carbocycles. The summed E-state index contributed by atoms with van der Waals surface area (Å²) in [5, 5.41) is 10.9. The third-order valence-corrected chi connectivity index (χ3v) is 4.83. The van der Waals surface area contributed by atoms with Gasteiger partial charge < -0.3 is 19.5 Å². The number of methoxy groups -OCH3 is 2. The number of carbonyl (C=O) groups is 2. The second-order valence-corrected chi connectivity index (χ2v) is 6.59. The summed E-state index contributed by atoms with van der Waals surface area (Å²) in [6.45, 7) is 0.565. The van der Waals surface area contributed by atoms with Gasteiger partial charge in [0.15, 0.2) is 0 Å². The molecule has 0 aromatic heterocycles. The number of amides is 1. The number of rotatable bonds is 7. The Hall–Kier alpha value is -3.19. The number of ketones is 1. The average molecular weight is 399 g/mol. The van der Waals surface area contributed by atoms with Gasteiger partial charge in [-0.1, -0.05) is 30.3 Å². The zero-order valence-corrected chi connectivity index (χ0v) is 16.2. The molecule has 3 rings (SSSR count). The van der Waals surface area contributed by atoms with Gasteiger partial charge in [0.1, 0.15) is 17.3 Å². The van der Waals surface area contributed by atoms with E-state index in [4.69, 9.17) is 9.47 Å². The van der Waals surface area contributed by atoms with Gasteiger partial charge in [0.25, 0.3) is 11.7 Å². The molecule has 0 radical (unpaired) electrons. The van der Waals surface area contributed by atoms with Crippen LogP contribution < -0.4 is 4.74 Å². The van der Waals surface area contributed by atoms with Crippen LogP contribution in [0.1, 0.15) is 23.6 Å². The van der Waals surface area contributed by atoms with Crippen molar-refractivity contribution in [3.05, 3.63) is 71.0 Å². The lowest BCUT2D eigenvalue weighted by Gasteiger charge is -2.25. The summed E-state index contributed by atoms with van der Waals surface area (Å²) in [5.41, 5.74) is 0.305. The Bertz CT molecular complexity index is 956. The summed E-state index contributed by atoms with van der Waals surface area (Å²) in [5.74, 6) is -2.09. The number of halogens is 1. The molecule has 7 heteroatoms. The van der Waals surface area contributed by atoms with Gasteiger partial charge in [0.05, 0.1) is 18.7 Å². The van der Waals surface area contributed by atoms with Crippen LogP contribution in [0, 0.1) is 5.82 Å². The monoisotopic (exact) mass is 399 g/mol. The quantitative estimate of drug-likeness (QED) is 0.335. The molecule has 29 heavy (non-hydrogen) atoms.